The highest BCUT2D eigenvalue weighted by Gasteiger charge is 2.34. The second-order valence-corrected chi connectivity index (χ2v) is 4.82. The van der Waals surface area contributed by atoms with E-state index in [1.54, 1.807) is 12.1 Å². The Balaban J connectivity index is 1.68. The molecule has 0 bridgehead atoms. The summed E-state index contributed by atoms with van der Waals surface area (Å²) in [6.07, 6.45) is 2.55. The lowest BCUT2D eigenvalue weighted by atomic mass is 10.2. The van der Waals surface area contributed by atoms with Crippen molar-refractivity contribution < 1.29 is 9.94 Å². The van der Waals surface area contributed by atoms with E-state index in [1.165, 1.54) is 12.8 Å². The van der Waals surface area contributed by atoms with Crippen LogP contribution in [-0.4, -0.2) is 30.2 Å². The molecule has 104 valence electrons. The maximum absolute atomic E-state index is 8.55. The maximum atomic E-state index is 8.55. The highest BCUT2D eigenvalue weighted by molar-refractivity contribution is 5.97. The number of rotatable bonds is 7. The van der Waals surface area contributed by atoms with Gasteiger partial charge in [-0.1, -0.05) is 18.5 Å². The molecule has 1 aliphatic carbocycles. The molecule has 2 unspecified atom stereocenters. The van der Waals surface area contributed by atoms with Gasteiger partial charge in [-0.15, -0.1) is 0 Å². The molecule has 1 saturated carbocycles. The number of oxime groups is 1. The predicted octanol–water partition coefficient (Wildman–Crippen LogP) is 1.55. The standard InChI is InChI=1S/C14H21N3O2/c1-2-10-9-13(10)16-7-8-19-12-5-3-11(4-6-12)14(15)17-18/h3-6,10,13,16,18H,2,7-9H2,1H3,(H2,15,17). The van der Waals surface area contributed by atoms with E-state index in [-0.39, 0.29) is 5.84 Å². The van der Waals surface area contributed by atoms with Gasteiger partial charge in [-0.05, 0) is 36.6 Å². The van der Waals surface area contributed by atoms with E-state index in [9.17, 15) is 0 Å². The van der Waals surface area contributed by atoms with Crippen molar-refractivity contribution in [3.8, 4) is 5.75 Å². The first-order valence-corrected chi connectivity index (χ1v) is 6.68. The molecule has 19 heavy (non-hydrogen) atoms. The van der Waals surface area contributed by atoms with E-state index in [0.29, 0.717) is 18.2 Å². The quantitative estimate of drug-likeness (QED) is 0.229. The van der Waals surface area contributed by atoms with Crippen LogP contribution in [0.25, 0.3) is 0 Å². The molecule has 0 radical (unpaired) electrons. The Bertz CT molecular complexity index is 431. The van der Waals surface area contributed by atoms with Gasteiger partial charge in [0, 0.05) is 18.2 Å². The van der Waals surface area contributed by atoms with E-state index in [4.69, 9.17) is 15.7 Å². The second-order valence-electron chi connectivity index (χ2n) is 4.82. The fraction of sp³-hybridized carbons (Fsp3) is 0.500. The van der Waals surface area contributed by atoms with Crippen LogP contribution in [-0.2, 0) is 0 Å². The van der Waals surface area contributed by atoms with E-state index in [2.05, 4.69) is 17.4 Å². The van der Waals surface area contributed by atoms with Crippen LogP contribution < -0.4 is 15.8 Å². The molecule has 2 atom stereocenters. The first kappa shape index (κ1) is 13.7. The molecule has 0 spiro atoms. The Morgan fingerprint density at radius 3 is 2.79 bits per heavy atom. The molecule has 5 heteroatoms. The van der Waals surface area contributed by atoms with Gasteiger partial charge in [0.25, 0.3) is 0 Å². The lowest BCUT2D eigenvalue weighted by Crippen LogP contribution is -2.24. The smallest absolute Gasteiger partial charge is 0.170 e. The van der Waals surface area contributed by atoms with Crippen molar-refractivity contribution in [2.45, 2.75) is 25.8 Å². The SMILES string of the molecule is CCC1CC1NCCOc1ccc(/C(N)=N/O)cc1. The lowest BCUT2D eigenvalue weighted by Gasteiger charge is -2.08. The highest BCUT2D eigenvalue weighted by Crippen LogP contribution is 2.32. The maximum Gasteiger partial charge on any atom is 0.170 e. The van der Waals surface area contributed by atoms with Crippen LogP contribution >= 0.6 is 0 Å². The highest BCUT2D eigenvalue weighted by atomic mass is 16.5. The minimum atomic E-state index is 0.104. The molecule has 5 nitrogen and oxygen atoms in total. The summed E-state index contributed by atoms with van der Waals surface area (Å²) in [6.45, 7) is 3.74. The zero-order chi connectivity index (χ0) is 13.7. The van der Waals surface area contributed by atoms with E-state index < -0.39 is 0 Å². The minimum absolute atomic E-state index is 0.104. The van der Waals surface area contributed by atoms with Gasteiger partial charge in [0.2, 0.25) is 0 Å². The van der Waals surface area contributed by atoms with Gasteiger partial charge in [0.1, 0.15) is 12.4 Å². The van der Waals surface area contributed by atoms with Crippen molar-refractivity contribution >= 4 is 5.84 Å². The summed E-state index contributed by atoms with van der Waals surface area (Å²) in [5, 5.41) is 15.0. The van der Waals surface area contributed by atoms with Gasteiger partial charge in [-0.2, -0.15) is 0 Å². The summed E-state index contributed by atoms with van der Waals surface area (Å²) < 4.78 is 5.62. The summed E-state index contributed by atoms with van der Waals surface area (Å²) in [6, 6.07) is 7.87. The average Bonchev–Trinajstić information content (AvgIpc) is 3.22. The number of nitrogens with zero attached hydrogens (tertiary/aromatic N) is 1. The number of hydrogen-bond donors (Lipinski definition) is 3. The molecular weight excluding hydrogens is 242 g/mol. The van der Waals surface area contributed by atoms with E-state index >= 15 is 0 Å². The van der Waals surface area contributed by atoms with Crippen LogP contribution in [0.3, 0.4) is 0 Å². The first-order chi connectivity index (χ1) is 9.24. The molecule has 1 aromatic rings. The molecule has 4 N–H and O–H groups in total. The van der Waals surface area contributed by atoms with Crippen LogP contribution in [0.15, 0.2) is 29.4 Å². The Kier molecular flexibility index (Phi) is 4.63. The summed E-state index contributed by atoms with van der Waals surface area (Å²) in [5.74, 6) is 1.76. The zero-order valence-corrected chi connectivity index (χ0v) is 11.2. The molecular formula is C14H21N3O2. The summed E-state index contributed by atoms with van der Waals surface area (Å²) in [5.41, 5.74) is 6.16. The van der Waals surface area contributed by atoms with Gasteiger partial charge in [0.15, 0.2) is 5.84 Å². The molecule has 1 aliphatic rings. The fourth-order valence-corrected chi connectivity index (χ4v) is 2.14. The molecule has 1 aromatic carbocycles. The van der Waals surface area contributed by atoms with Crippen molar-refractivity contribution in [3.63, 3.8) is 0 Å². The first-order valence-electron chi connectivity index (χ1n) is 6.68. The topological polar surface area (TPSA) is 79.9 Å². The number of ether oxygens (including phenoxy) is 1. The van der Waals surface area contributed by atoms with E-state index in [1.807, 2.05) is 12.1 Å². The molecule has 0 heterocycles. The third-order valence-electron chi connectivity index (χ3n) is 3.48. The largest absolute Gasteiger partial charge is 0.492 e. The molecule has 1 fully saturated rings. The molecule has 0 aromatic heterocycles. The number of amidine groups is 1. The van der Waals surface area contributed by atoms with Gasteiger partial charge in [0.05, 0.1) is 0 Å². The number of hydrogen-bond acceptors (Lipinski definition) is 4. The summed E-state index contributed by atoms with van der Waals surface area (Å²) in [4.78, 5) is 0. The number of nitrogens with one attached hydrogen (secondary N) is 1. The van der Waals surface area contributed by atoms with Gasteiger partial charge < -0.3 is 21.0 Å². The Morgan fingerprint density at radius 2 is 2.21 bits per heavy atom. The van der Waals surface area contributed by atoms with Crippen molar-refractivity contribution in [1.29, 1.82) is 0 Å². The van der Waals surface area contributed by atoms with Crippen LogP contribution in [0.1, 0.15) is 25.3 Å². The van der Waals surface area contributed by atoms with Gasteiger partial charge in [-0.3, -0.25) is 0 Å². The third kappa shape index (κ3) is 3.86. The number of benzene rings is 1. The monoisotopic (exact) mass is 263 g/mol. The van der Waals surface area contributed by atoms with Crippen LogP contribution in [0.2, 0.25) is 0 Å². The predicted molar refractivity (Wildman–Crippen MR) is 74.6 cm³/mol. The fourth-order valence-electron chi connectivity index (χ4n) is 2.14. The van der Waals surface area contributed by atoms with Crippen molar-refractivity contribution in [2.75, 3.05) is 13.2 Å². The third-order valence-corrected chi connectivity index (χ3v) is 3.48. The minimum Gasteiger partial charge on any atom is -0.492 e. The number of nitrogens with two attached hydrogens (primary N) is 1. The van der Waals surface area contributed by atoms with Gasteiger partial charge in [-0.25, -0.2) is 0 Å². The van der Waals surface area contributed by atoms with Crippen LogP contribution in [0.4, 0.5) is 0 Å². The van der Waals surface area contributed by atoms with Crippen LogP contribution in [0, 0.1) is 5.92 Å². The summed E-state index contributed by atoms with van der Waals surface area (Å²) in [7, 11) is 0. The van der Waals surface area contributed by atoms with Crippen LogP contribution in [0.5, 0.6) is 5.75 Å². The van der Waals surface area contributed by atoms with Crippen molar-refractivity contribution in [2.24, 2.45) is 16.8 Å². The average molecular weight is 263 g/mol. The Morgan fingerprint density at radius 1 is 1.47 bits per heavy atom. The molecule has 2 rings (SSSR count). The van der Waals surface area contributed by atoms with E-state index in [0.717, 1.165) is 18.2 Å². The summed E-state index contributed by atoms with van der Waals surface area (Å²) >= 11 is 0. The molecule has 0 aliphatic heterocycles. The Labute approximate surface area is 113 Å². The zero-order valence-electron chi connectivity index (χ0n) is 11.2. The second kappa shape index (κ2) is 6.43. The lowest BCUT2D eigenvalue weighted by molar-refractivity contribution is 0.312. The molecule has 0 saturated heterocycles. The van der Waals surface area contributed by atoms with Crippen molar-refractivity contribution in [1.82, 2.24) is 5.32 Å². The Hall–Kier alpha value is -1.75. The molecule has 0 amide bonds. The normalized spacial score (nSPS) is 22.3. The van der Waals surface area contributed by atoms with Gasteiger partial charge >= 0.3 is 0 Å². The van der Waals surface area contributed by atoms with Crippen molar-refractivity contribution in [3.05, 3.63) is 29.8 Å².